The molecule has 0 saturated heterocycles. The zero-order valence-electron chi connectivity index (χ0n) is 16.0. The Morgan fingerprint density at radius 3 is 2.79 bits per heavy atom. The van der Waals surface area contributed by atoms with Crippen molar-refractivity contribution in [3.8, 4) is 0 Å². The van der Waals surface area contributed by atoms with E-state index in [2.05, 4.69) is 38.1 Å². The molecule has 1 amide bonds. The smallest absolute Gasteiger partial charge is 0.230 e. The lowest BCUT2D eigenvalue weighted by atomic mass is 10.2. The van der Waals surface area contributed by atoms with E-state index in [-0.39, 0.29) is 5.91 Å². The molecule has 1 fully saturated rings. The Morgan fingerprint density at radius 2 is 2.04 bits per heavy atom. The highest BCUT2D eigenvalue weighted by atomic mass is 32.2. The number of aromatic nitrogens is 6. The van der Waals surface area contributed by atoms with Crippen LogP contribution < -0.4 is 5.32 Å². The number of rotatable bonds is 8. The summed E-state index contributed by atoms with van der Waals surface area (Å²) < 4.78 is 3.81. The number of carbonyl (C=O) groups is 1. The summed E-state index contributed by atoms with van der Waals surface area (Å²) in [5, 5.41) is 20.1. The van der Waals surface area contributed by atoms with Gasteiger partial charge in [-0.3, -0.25) is 9.48 Å². The molecule has 1 N–H and O–H groups in total. The van der Waals surface area contributed by atoms with Crippen LogP contribution in [-0.4, -0.2) is 41.6 Å². The minimum absolute atomic E-state index is 0.0371. The van der Waals surface area contributed by atoms with Gasteiger partial charge in [-0.15, -0.1) is 5.10 Å². The van der Waals surface area contributed by atoms with E-state index in [0.717, 1.165) is 36.3 Å². The third-order valence-corrected chi connectivity index (χ3v) is 5.79. The number of aryl methyl sites for hydroxylation is 1. The second-order valence-electron chi connectivity index (χ2n) is 7.00. The predicted molar refractivity (Wildman–Crippen MR) is 106 cm³/mol. The second-order valence-corrected chi connectivity index (χ2v) is 7.94. The lowest BCUT2D eigenvalue weighted by Gasteiger charge is -2.07. The van der Waals surface area contributed by atoms with Crippen LogP contribution in [0.3, 0.4) is 0 Å². The zero-order valence-corrected chi connectivity index (χ0v) is 16.8. The first-order chi connectivity index (χ1) is 13.6. The summed E-state index contributed by atoms with van der Waals surface area (Å²) in [6, 6.07) is 10.6. The van der Waals surface area contributed by atoms with Crippen LogP contribution in [0.1, 0.15) is 41.4 Å². The monoisotopic (exact) mass is 397 g/mol. The fourth-order valence-corrected chi connectivity index (χ4v) is 3.87. The zero-order chi connectivity index (χ0) is 19.5. The van der Waals surface area contributed by atoms with Crippen LogP contribution in [-0.2, 0) is 17.9 Å². The molecule has 3 aromatic rings. The highest BCUT2D eigenvalue weighted by Crippen LogP contribution is 2.36. The van der Waals surface area contributed by atoms with E-state index in [1.807, 2.05) is 41.4 Å². The third-order valence-electron chi connectivity index (χ3n) is 4.86. The number of tetrazole rings is 1. The summed E-state index contributed by atoms with van der Waals surface area (Å²) in [4.78, 5) is 12.3. The molecule has 28 heavy (non-hydrogen) atoms. The number of thioether (sulfide) groups is 1. The van der Waals surface area contributed by atoms with E-state index in [0.29, 0.717) is 23.5 Å². The molecule has 0 atom stereocenters. The van der Waals surface area contributed by atoms with Gasteiger partial charge >= 0.3 is 0 Å². The molecular formula is C19H23N7OS. The molecule has 0 bridgehead atoms. The molecule has 1 saturated carbocycles. The molecule has 8 nitrogen and oxygen atoms in total. The highest BCUT2D eigenvalue weighted by Gasteiger charge is 2.28. The molecule has 1 aliphatic carbocycles. The van der Waals surface area contributed by atoms with Crippen molar-refractivity contribution in [3.05, 3.63) is 52.8 Å². The number of benzene rings is 1. The van der Waals surface area contributed by atoms with E-state index in [1.165, 1.54) is 17.3 Å². The van der Waals surface area contributed by atoms with E-state index in [9.17, 15) is 4.79 Å². The lowest BCUT2D eigenvalue weighted by Crippen LogP contribution is -2.25. The van der Waals surface area contributed by atoms with Gasteiger partial charge in [-0.25, -0.2) is 4.68 Å². The second kappa shape index (κ2) is 8.14. The normalized spacial score (nSPS) is 13.6. The summed E-state index contributed by atoms with van der Waals surface area (Å²) in [5.74, 6) is 0.258. The molecule has 1 aliphatic rings. The molecule has 0 aliphatic heterocycles. The number of amides is 1. The first-order valence-electron chi connectivity index (χ1n) is 9.36. The Kier molecular flexibility index (Phi) is 5.43. The molecule has 0 unspecified atom stereocenters. The van der Waals surface area contributed by atoms with Gasteiger partial charge in [-0.2, -0.15) is 5.10 Å². The maximum atomic E-state index is 12.3. The summed E-state index contributed by atoms with van der Waals surface area (Å²) in [7, 11) is 0. The maximum Gasteiger partial charge on any atom is 0.230 e. The quantitative estimate of drug-likeness (QED) is 0.587. The van der Waals surface area contributed by atoms with Crippen molar-refractivity contribution in [2.45, 2.75) is 51.0 Å². The van der Waals surface area contributed by atoms with Crippen molar-refractivity contribution in [1.29, 1.82) is 0 Å². The molecular weight excluding hydrogens is 374 g/mol. The average molecular weight is 398 g/mol. The van der Waals surface area contributed by atoms with Crippen molar-refractivity contribution in [2.24, 2.45) is 0 Å². The summed E-state index contributed by atoms with van der Waals surface area (Å²) in [6.45, 7) is 5.22. The van der Waals surface area contributed by atoms with Crippen molar-refractivity contribution in [2.75, 3.05) is 5.75 Å². The van der Waals surface area contributed by atoms with Gasteiger partial charge in [0.05, 0.1) is 24.0 Å². The van der Waals surface area contributed by atoms with E-state index in [1.54, 1.807) is 0 Å². The Labute approximate surface area is 167 Å². The van der Waals surface area contributed by atoms with Crippen LogP contribution in [0.25, 0.3) is 0 Å². The molecule has 2 heterocycles. The number of hydrogen-bond acceptors (Lipinski definition) is 6. The Bertz CT molecular complexity index is 962. The lowest BCUT2D eigenvalue weighted by molar-refractivity contribution is -0.118. The molecule has 1 aromatic carbocycles. The van der Waals surface area contributed by atoms with Gasteiger partial charge in [-0.1, -0.05) is 42.1 Å². The van der Waals surface area contributed by atoms with Crippen LogP contribution in [0.15, 0.2) is 35.5 Å². The van der Waals surface area contributed by atoms with Crippen LogP contribution in [0.4, 0.5) is 0 Å². The fourth-order valence-electron chi connectivity index (χ4n) is 3.10. The van der Waals surface area contributed by atoms with Crippen LogP contribution >= 0.6 is 11.8 Å². The van der Waals surface area contributed by atoms with Gasteiger partial charge in [0.2, 0.25) is 11.1 Å². The molecule has 9 heteroatoms. The largest absolute Gasteiger partial charge is 0.351 e. The fraction of sp³-hybridized carbons (Fsp3) is 0.421. The Balaban J connectivity index is 1.32. The number of hydrogen-bond donors (Lipinski definition) is 1. The standard InChI is InChI=1S/C19H23N7OS/c1-13-17(14(2)25(22-13)11-15-6-4-3-5-7-15)10-20-18(27)12-28-19-21-23-24-26(19)16-8-9-16/h3-7,16H,8-12H2,1-2H3,(H,20,27). The molecule has 146 valence electrons. The first kappa shape index (κ1) is 18.7. The van der Waals surface area contributed by atoms with Crippen LogP contribution in [0.5, 0.6) is 0 Å². The minimum Gasteiger partial charge on any atom is -0.351 e. The van der Waals surface area contributed by atoms with Gasteiger partial charge in [0.15, 0.2) is 0 Å². The highest BCUT2D eigenvalue weighted by molar-refractivity contribution is 7.99. The number of carbonyl (C=O) groups excluding carboxylic acids is 1. The van der Waals surface area contributed by atoms with Crippen LogP contribution in [0.2, 0.25) is 0 Å². The predicted octanol–water partition coefficient (Wildman–Crippen LogP) is 2.28. The number of nitrogens with one attached hydrogen (secondary N) is 1. The van der Waals surface area contributed by atoms with Crippen LogP contribution in [0, 0.1) is 13.8 Å². The first-order valence-corrected chi connectivity index (χ1v) is 10.3. The Morgan fingerprint density at radius 1 is 1.25 bits per heavy atom. The van der Waals surface area contributed by atoms with Gasteiger partial charge in [0.1, 0.15) is 0 Å². The van der Waals surface area contributed by atoms with Gasteiger partial charge in [-0.05, 0) is 42.7 Å². The third kappa shape index (κ3) is 4.24. The van der Waals surface area contributed by atoms with Crippen molar-refractivity contribution >= 4 is 17.7 Å². The SMILES string of the molecule is Cc1nn(Cc2ccccc2)c(C)c1CNC(=O)CSc1nnnn1C1CC1. The number of nitrogens with zero attached hydrogens (tertiary/aromatic N) is 6. The van der Waals surface area contributed by atoms with E-state index in [4.69, 9.17) is 0 Å². The van der Waals surface area contributed by atoms with Gasteiger partial charge in [0, 0.05) is 17.8 Å². The maximum absolute atomic E-state index is 12.3. The van der Waals surface area contributed by atoms with Crippen molar-refractivity contribution in [1.82, 2.24) is 35.3 Å². The molecule has 4 rings (SSSR count). The summed E-state index contributed by atoms with van der Waals surface area (Å²) in [6.07, 6.45) is 2.21. The summed E-state index contributed by atoms with van der Waals surface area (Å²) in [5.41, 5.74) is 4.29. The van der Waals surface area contributed by atoms with Crippen molar-refractivity contribution in [3.63, 3.8) is 0 Å². The molecule has 0 radical (unpaired) electrons. The minimum atomic E-state index is -0.0371. The summed E-state index contributed by atoms with van der Waals surface area (Å²) >= 11 is 1.37. The molecule has 0 spiro atoms. The van der Waals surface area contributed by atoms with Gasteiger partial charge < -0.3 is 5.32 Å². The molecule has 2 aromatic heterocycles. The topological polar surface area (TPSA) is 90.5 Å². The Hall–Kier alpha value is -2.68. The van der Waals surface area contributed by atoms with E-state index >= 15 is 0 Å². The van der Waals surface area contributed by atoms with Gasteiger partial charge in [0.25, 0.3) is 0 Å². The average Bonchev–Trinajstić information content (AvgIpc) is 3.37. The van der Waals surface area contributed by atoms with Crippen molar-refractivity contribution < 1.29 is 4.79 Å². The van der Waals surface area contributed by atoms with E-state index < -0.39 is 0 Å².